The van der Waals surface area contributed by atoms with E-state index in [4.69, 9.17) is 76.6 Å². The Labute approximate surface area is 306 Å². The van der Waals surface area contributed by atoms with E-state index in [0.29, 0.717) is 0 Å². The van der Waals surface area contributed by atoms with Gasteiger partial charge < -0.3 is 58.8 Å². The Kier molecular flexibility index (Phi) is 80.4. The molecular formula is C6H21Na5O19Si4. The van der Waals surface area contributed by atoms with Crippen molar-refractivity contribution in [3.05, 3.63) is 0 Å². The van der Waals surface area contributed by atoms with Crippen molar-refractivity contribution < 1.29 is 91.0 Å². The average Bonchev–Trinajstić information content (AvgIpc) is 2.32. The summed E-state index contributed by atoms with van der Waals surface area (Å²) in [4.78, 5) is 87.7. The summed E-state index contributed by atoms with van der Waals surface area (Å²) >= 11 is 0. The Hall–Kier alpha value is 1.84. The molecule has 0 aliphatic carbocycles. The second kappa shape index (κ2) is 41.9. The van der Waals surface area contributed by atoms with E-state index in [9.17, 15) is 14.4 Å². The summed E-state index contributed by atoms with van der Waals surface area (Å²) in [6, 6.07) is 0. The summed E-state index contributed by atoms with van der Waals surface area (Å²) in [7, 11) is -12.5. The molecular weight excluding hydrogens is 603 g/mol. The average molecular weight is 625 g/mol. The van der Waals surface area contributed by atoms with Gasteiger partial charge in [0, 0.05) is 0 Å². The molecule has 0 fully saturated rings. The summed E-state index contributed by atoms with van der Waals surface area (Å²) < 4.78 is 35.0. The van der Waals surface area contributed by atoms with Gasteiger partial charge in [0.15, 0.2) is 5.60 Å². The molecule has 0 spiro atoms. The van der Waals surface area contributed by atoms with Crippen LogP contribution in [0.4, 0.5) is 0 Å². The zero-order valence-corrected chi connectivity index (χ0v) is 17.6. The molecule has 0 amide bonds. The topological polar surface area (TPSA) is 362 Å². The van der Waals surface area contributed by atoms with Crippen LogP contribution in [0.25, 0.3) is 0 Å². The van der Waals surface area contributed by atoms with Crippen LogP contribution >= 0.6 is 0 Å². The van der Waals surface area contributed by atoms with Gasteiger partial charge in [0.05, 0.1) is 12.8 Å². The Morgan fingerprint density at radius 2 is 0.618 bits per heavy atom. The van der Waals surface area contributed by atoms with E-state index in [2.05, 4.69) is 0 Å². The Morgan fingerprint density at radius 1 is 0.500 bits per heavy atom. The normalized spacial score (nSPS) is 6.97. The van der Waals surface area contributed by atoms with Gasteiger partial charge in [0.1, 0.15) is 0 Å². The van der Waals surface area contributed by atoms with Crippen LogP contribution in [0.1, 0.15) is 12.8 Å². The van der Waals surface area contributed by atoms with Gasteiger partial charge in [0.2, 0.25) is 0 Å². The van der Waals surface area contributed by atoms with Crippen LogP contribution < -0.4 is 0 Å². The number of carbonyl (C=O) groups is 3. The van der Waals surface area contributed by atoms with Gasteiger partial charge in [-0.25, -0.2) is 4.79 Å². The molecule has 0 aliphatic rings. The van der Waals surface area contributed by atoms with Crippen LogP contribution in [-0.4, -0.2) is 267 Å². The summed E-state index contributed by atoms with van der Waals surface area (Å²) in [5.74, 6) is -5.02. The van der Waals surface area contributed by atoms with Gasteiger partial charge in [0.25, 0.3) is 0 Å². The minimum atomic E-state index is -3.13. The van der Waals surface area contributed by atoms with Crippen molar-refractivity contribution in [3.8, 4) is 0 Å². The fourth-order valence-corrected chi connectivity index (χ4v) is 0.714. The monoisotopic (exact) mass is 624 g/mol. The molecule has 0 bridgehead atoms. The van der Waals surface area contributed by atoms with Gasteiger partial charge in [-0.15, -0.1) is 0 Å². The van der Waals surface area contributed by atoms with E-state index >= 15 is 0 Å². The van der Waals surface area contributed by atoms with Gasteiger partial charge >= 0.3 is 202 Å². The molecule has 0 aliphatic heterocycles. The third kappa shape index (κ3) is 115. The van der Waals surface area contributed by atoms with Crippen molar-refractivity contribution in [1.82, 2.24) is 0 Å². The first-order valence-corrected chi connectivity index (χ1v) is 11.0. The van der Waals surface area contributed by atoms with Crippen molar-refractivity contribution in [2.75, 3.05) is 0 Å². The van der Waals surface area contributed by atoms with Crippen LogP contribution in [0.5, 0.6) is 0 Å². The Bertz CT molecular complexity index is 512. The maximum atomic E-state index is 10.3. The molecule has 19 nitrogen and oxygen atoms in total. The molecule has 0 unspecified atom stereocenters. The van der Waals surface area contributed by atoms with Gasteiger partial charge in [-0.2, -0.15) is 0 Å². The molecule has 0 heterocycles. The summed E-state index contributed by atoms with van der Waals surface area (Å²) in [5, 5.41) is 33.8. The van der Waals surface area contributed by atoms with Crippen LogP contribution in [0.3, 0.4) is 0 Å². The van der Waals surface area contributed by atoms with Crippen molar-refractivity contribution in [2.45, 2.75) is 18.4 Å². The number of aliphatic carboxylic acids is 3. The molecule has 0 radical (unpaired) electrons. The molecule has 0 aromatic heterocycles. The summed E-state index contributed by atoms with van der Waals surface area (Å²) in [6.07, 6.45) is -2.29. The molecule has 0 aromatic carbocycles. The van der Waals surface area contributed by atoms with E-state index in [1.165, 1.54) is 0 Å². The third-order valence-corrected chi connectivity index (χ3v) is 1.29. The molecule has 0 aromatic rings. The van der Waals surface area contributed by atoms with Crippen LogP contribution in [-0.2, 0) is 32.2 Å². The van der Waals surface area contributed by atoms with Gasteiger partial charge in [-0.1, -0.05) is 0 Å². The second-order valence-corrected chi connectivity index (χ2v) is 5.87. The van der Waals surface area contributed by atoms with Crippen LogP contribution in [0, 0.1) is 0 Å². The van der Waals surface area contributed by atoms with Crippen molar-refractivity contribution in [1.29, 1.82) is 0 Å². The number of aliphatic hydroxyl groups is 1. The predicted octanol–water partition coefficient (Wildman–Crippen LogP) is -10.9. The van der Waals surface area contributed by atoms with Gasteiger partial charge in [-0.05, 0) is 0 Å². The van der Waals surface area contributed by atoms with Gasteiger partial charge in [-0.3, -0.25) is 27.4 Å². The molecule has 0 atom stereocenters. The number of hydrogen-bond donors (Lipinski definition) is 12. The van der Waals surface area contributed by atoms with Crippen molar-refractivity contribution in [3.63, 3.8) is 0 Å². The van der Waals surface area contributed by atoms with Crippen molar-refractivity contribution >= 4 is 202 Å². The first-order chi connectivity index (χ1) is 12.7. The fraction of sp³-hybridized carbons (Fsp3) is 0.500. The van der Waals surface area contributed by atoms with E-state index in [-0.39, 0.29) is 148 Å². The first kappa shape index (κ1) is 65.2. The van der Waals surface area contributed by atoms with E-state index in [1.807, 2.05) is 0 Å². The SMILES string of the molecule is O=C(O)CC(O)(CC(=O)O)C(=O)O.O=[Si](O)O.O=[Si](O)O.O=[Si](O)O.O=[Si](O)O.[NaH].[NaH].[NaH].[NaH].[NaH]. The van der Waals surface area contributed by atoms with Crippen molar-refractivity contribution in [2.24, 2.45) is 0 Å². The first-order valence-electron chi connectivity index (χ1n) is 5.78. The summed E-state index contributed by atoms with van der Waals surface area (Å²) in [5.41, 5.74) is -2.74. The predicted molar refractivity (Wildman–Crippen MR) is 116 cm³/mol. The Balaban J connectivity index is -0.0000000291. The minimum absolute atomic E-state index is 0. The fourth-order valence-electron chi connectivity index (χ4n) is 0.714. The molecule has 34 heavy (non-hydrogen) atoms. The molecule has 0 rings (SSSR count). The summed E-state index contributed by atoms with van der Waals surface area (Å²) in [6.45, 7) is 0. The zero-order chi connectivity index (χ0) is 25.0. The molecule has 180 valence electrons. The molecule has 0 saturated carbocycles. The number of rotatable bonds is 5. The van der Waals surface area contributed by atoms with E-state index in [0.717, 1.165) is 0 Å². The number of carboxylic acid groups (broad SMARTS) is 3. The van der Waals surface area contributed by atoms with E-state index < -0.39 is 73.0 Å². The number of carboxylic acids is 3. The molecule has 12 N–H and O–H groups in total. The Morgan fingerprint density at radius 3 is 0.676 bits per heavy atom. The molecule has 28 heteroatoms. The standard InChI is InChI=1S/C6H8O7.5Na.4H2O3Si.5H/c7-3(8)1-6(13,5(11)12)2-4(9)10;;;;;;4*1-4(2)3;;;;;/h13H,1-2H2,(H,7,8)(H,9,10)(H,11,12);;;;;;4*1-2H;;;;;. The van der Waals surface area contributed by atoms with Crippen LogP contribution in [0.15, 0.2) is 0 Å². The second-order valence-electron chi connectivity index (χ2n) is 3.61. The van der Waals surface area contributed by atoms with Crippen LogP contribution in [0.2, 0.25) is 0 Å². The van der Waals surface area contributed by atoms with E-state index in [1.54, 1.807) is 0 Å². The third-order valence-electron chi connectivity index (χ3n) is 1.29. The number of hydrogen-bond acceptors (Lipinski definition) is 8. The molecule has 0 saturated heterocycles. The quantitative estimate of drug-likeness (QED) is 0.126. The maximum absolute atomic E-state index is 10.3. The zero-order valence-electron chi connectivity index (χ0n) is 13.6.